The number of carboxylic acids is 1. The van der Waals surface area contributed by atoms with E-state index < -0.39 is 17.9 Å². The quantitative estimate of drug-likeness (QED) is 0.0863. The van der Waals surface area contributed by atoms with E-state index in [1.54, 1.807) is 18.2 Å². The molecule has 0 spiro atoms. The first kappa shape index (κ1) is 45.4. The minimum atomic E-state index is -1.08. The topological polar surface area (TPSA) is 124 Å². The summed E-state index contributed by atoms with van der Waals surface area (Å²) in [4.78, 5) is 38.0. The number of hydrogen-bond donors (Lipinski definition) is 2. The average Bonchev–Trinajstić information content (AvgIpc) is 3.39. The number of fused-ring (bicyclic) bond motifs is 3. The van der Waals surface area contributed by atoms with Gasteiger partial charge in [0.15, 0.2) is 0 Å². The van der Waals surface area contributed by atoms with Crippen LogP contribution < -0.4 is 32.1 Å². The van der Waals surface area contributed by atoms with Gasteiger partial charge in [-0.25, -0.2) is 19.0 Å². The summed E-state index contributed by atoms with van der Waals surface area (Å²) in [5.41, 5.74) is 5.06. The summed E-state index contributed by atoms with van der Waals surface area (Å²) in [6.07, 6.45) is 0. The third-order valence-corrected chi connectivity index (χ3v) is 9.76. The summed E-state index contributed by atoms with van der Waals surface area (Å²) in [7, 11) is 11.7. The van der Waals surface area contributed by atoms with E-state index in [1.807, 2.05) is 105 Å². The Morgan fingerprint density at radius 3 is 1.71 bits per heavy atom. The monoisotopic (exact) mass is 859 g/mol. The van der Waals surface area contributed by atoms with E-state index in [0.717, 1.165) is 33.2 Å². The van der Waals surface area contributed by atoms with Gasteiger partial charge in [-0.05, 0) is 60.2 Å². The highest BCUT2D eigenvalue weighted by Crippen LogP contribution is 2.44. The molecule has 0 unspecified atom stereocenters. The number of hydrogen-bond acceptors (Lipinski definition) is 8. The maximum absolute atomic E-state index is 12.1. The Kier molecular flexibility index (Phi) is 15.2. The normalized spacial score (nSPS) is 11.2. The summed E-state index contributed by atoms with van der Waals surface area (Å²) in [5, 5.41) is 21.6. The number of anilines is 2. The zero-order chi connectivity index (χ0) is 39.6. The van der Waals surface area contributed by atoms with Crippen molar-refractivity contribution in [1.29, 1.82) is 0 Å². The van der Waals surface area contributed by atoms with Crippen molar-refractivity contribution in [2.45, 2.75) is 7.43 Å². The van der Waals surface area contributed by atoms with E-state index in [0.29, 0.717) is 27.7 Å². The van der Waals surface area contributed by atoms with Gasteiger partial charge in [0.05, 0.1) is 42.8 Å². The number of carbonyl (C=O) groups excluding carboxylic acids is 2. The van der Waals surface area contributed by atoms with Gasteiger partial charge in [-0.2, -0.15) is 0 Å². The smallest absolute Gasteiger partial charge is 0.346 e. The predicted molar refractivity (Wildman–Crippen MR) is 222 cm³/mol. The number of aromatic carboxylic acids is 1. The van der Waals surface area contributed by atoms with Crippen LogP contribution >= 0.6 is 46.4 Å². The first-order valence-electron chi connectivity index (χ1n) is 16.1. The second kappa shape index (κ2) is 18.8. The molecular weight excluding hydrogens is 824 g/mol. The number of halogens is 5. The van der Waals surface area contributed by atoms with Crippen LogP contribution in [0.25, 0.3) is 33.4 Å². The van der Waals surface area contributed by atoms with Crippen LogP contribution in [-0.4, -0.2) is 70.4 Å². The zero-order valence-corrected chi connectivity index (χ0v) is 34.0. The van der Waals surface area contributed by atoms with E-state index in [4.69, 9.17) is 55.9 Å². The fourth-order valence-corrected chi connectivity index (χ4v) is 6.15. The Morgan fingerprint density at radius 2 is 1.21 bits per heavy atom. The number of cyclic esters (lactones) is 2. The van der Waals surface area contributed by atoms with E-state index in [1.165, 1.54) is 18.2 Å². The molecule has 3 aliphatic rings. The number of phenolic OH excluding ortho intramolecular Hbond substituents is 1. The second-order valence-corrected chi connectivity index (χ2v) is 14.3. The summed E-state index contributed by atoms with van der Waals surface area (Å²) in [5.74, 6) is -1.49. The standard InChI is InChI=1S/C24H20Cl2N2O3.C8H2Cl2O3.C8H11NO.CH4.ClH/c1-27(2)13-5-7-15-21(9-13)31-22-10-14(28(3)4)6-8-16(22)23(15)17-11-19(25)20(26)12-18(17)24(29)30;9-5-1-3-4(2-6(5)10)8(12)13-7(3)11;1-9(2)7-4-3-5-8(10)6-7;;/h5-12H,1-4H3;1-2H;3-6,10H,1-2H3;1H4;1H. The van der Waals surface area contributed by atoms with Crippen LogP contribution in [0, 0.1) is 0 Å². The Hall–Kier alpha value is -4.97. The summed E-state index contributed by atoms with van der Waals surface area (Å²) >= 11 is 23.8. The molecule has 0 fully saturated rings. The van der Waals surface area contributed by atoms with Gasteiger partial charge in [0.2, 0.25) is 5.36 Å². The van der Waals surface area contributed by atoms with E-state index >= 15 is 0 Å². The number of rotatable bonds is 4. The molecule has 0 saturated carbocycles. The van der Waals surface area contributed by atoms with Gasteiger partial charge >= 0.3 is 17.9 Å². The van der Waals surface area contributed by atoms with Crippen LogP contribution in [0.3, 0.4) is 0 Å². The van der Waals surface area contributed by atoms with E-state index in [2.05, 4.69) is 4.74 Å². The average molecular weight is 862 g/mol. The number of phenols is 1. The van der Waals surface area contributed by atoms with Crippen LogP contribution in [0.2, 0.25) is 20.1 Å². The molecule has 15 heteroatoms. The molecule has 56 heavy (non-hydrogen) atoms. The molecule has 4 aromatic rings. The number of carbonyl (C=O) groups is 3. The molecule has 7 rings (SSSR count). The lowest BCUT2D eigenvalue weighted by Gasteiger charge is -2.19. The van der Waals surface area contributed by atoms with Gasteiger partial charge < -0.3 is 41.6 Å². The molecule has 0 aromatic heterocycles. The zero-order valence-electron chi connectivity index (χ0n) is 30.3. The number of ether oxygens (including phenoxy) is 1. The van der Waals surface area contributed by atoms with Crippen LogP contribution in [0.15, 0.2) is 89.3 Å². The lowest BCUT2D eigenvalue weighted by Crippen LogP contribution is -3.00. The minimum Gasteiger partial charge on any atom is -1.00 e. The van der Waals surface area contributed by atoms with Crippen LogP contribution in [0.4, 0.5) is 11.4 Å². The lowest BCUT2D eigenvalue weighted by molar-refractivity contribution is -0.0000661. The van der Waals surface area contributed by atoms with E-state index in [-0.39, 0.29) is 51.6 Å². The first-order chi connectivity index (χ1) is 25.5. The van der Waals surface area contributed by atoms with Gasteiger partial charge in [0.1, 0.15) is 31.2 Å². The lowest BCUT2D eigenvalue weighted by atomic mass is 9.90. The number of nitrogens with zero attached hydrogens (tertiary/aromatic N) is 3. The van der Waals surface area contributed by atoms with Crippen LogP contribution in [0.1, 0.15) is 38.5 Å². The SMILES string of the molecule is C.CN(C)c1ccc2c(-c3cc(Cl)c(Cl)cc3C(=O)O)c3ccc(=[N+](C)C)cc-3oc2c1.CN(C)c1cccc(O)c1.O=C1OC(=O)c2cc(Cl)c(Cl)cc21.[Cl-]. The molecule has 1 aliphatic carbocycles. The molecule has 0 amide bonds. The first-order valence-corrected chi connectivity index (χ1v) is 17.6. The van der Waals surface area contributed by atoms with Gasteiger partial charge in [-0.3, -0.25) is 0 Å². The van der Waals surface area contributed by atoms with Gasteiger partial charge in [0, 0.05) is 74.3 Å². The van der Waals surface area contributed by atoms with E-state index in [9.17, 15) is 19.5 Å². The van der Waals surface area contributed by atoms with Crippen molar-refractivity contribution >= 4 is 86.7 Å². The fourth-order valence-electron chi connectivity index (χ4n) is 5.49. The minimum absolute atomic E-state index is 0. The Balaban J connectivity index is 0.000000276. The molecule has 10 nitrogen and oxygen atoms in total. The molecule has 0 radical (unpaired) electrons. The summed E-state index contributed by atoms with van der Waals surface area (Å²) < 4.78 is 12.6. The molecule has 294 valence electrons. The Morgan fingerprint density at radius 1 is 0.679 bits per heavy atom. The molecule has 2 N–H and O–H groups in total. The molecule has 2 aliphatic heterocycles. The molecule has 0 bridgehead atoms. The van der Waals surface area contributed by atoms with Crippen molar-refractivity contribution in [2.24, 2.45) is 0 Å². The molecule has 2 heterocycles. The van der Waals surface area contributed by atoms with Crippen LogP contribution in [-0.2, 0) is 4.74 Å². The highest BCUT2D eigenvalue weighted by molar-refractivity contribution is 6.43. The summed E-state index contributed by atoms with van der Waals surface area (Å²) in [6.45, 7) is 0. The number of esters is 2. The predicted octanol–water partition coefficient (Wildman–Crippen LogP) is 6.71. The maximum Gasteiger partial charge on any atom is 0.346 e. The van der Waals surface area contributed by atoms with Gasteiger partial charge in [0.25, 0.3) is 0 Å². The molecule has 0 saturated heterocycles. The van der Waals surface area contributed by atoms with Gasteiger partial charge in [-0.15, -0.1) is 0 Å². The Bertz CT molecular complexity index is 2460. The second-order valence-electron chi connectivity index (χ2n) is 12.6. The highest BCUT2D eigenvalue weighted by Gasteiger charge is 2.30. The fraction of sp³-hybridized carbons (Fsp3) is 0.171. The Labute approximate surface area is 350 Å². The van der Waals surface area contributed by atoms with Crippen molar-refractivity contribution in [3.05, 3.63) is 127 Å². The van der Waals surface area contributed by atoms with Crippen molar-refractivity contribution in [2.75, 3.05) is 52.1 Å². The van der Waals surface area contributed by atoms with Crippen molar-refractivity contribution < 1.29 is 46.2 Å². The van der Waals surface area contributed by atoms with Crippen molar-refractivity contribution in [3.8, 4) is 28.2 Å². The van der Waals surface area contributed by atoms with Crippen LogP contribution in [0.5, 0.6) is 5.75 Å². The number of carboxylic acid groups (broad SMARTS) is 1. The molecular formula is C41H38Cl5N3O7. The van der Waals surface area contributed by atoms with Crippen molar-refractivity contribution in [3.63, 3.8) is 0 Å². The largest absolute Gasteiger partial charge is 1.00 e. The number of aromatic hydroxyl groups is 1. The highest BCUT2D eigenvalue weighted by atomic mass is 35.5. The summed E-state index contributed by atoms with van der Waals surface area (Å²) in [6, 6.07) is 24.5. The maximum atomic E-state index is 12.1. The third kappa shape index (κ3) is 9.87. The molecule has 0 atom stereocenters. The number of benzene rings is 5. The third-order valence-electron chi connectivity index (χ3n) is 8.31. The molecule has 4 aromatic carbocycles. The van der Waals surface area contributed by atoms with Gasteiger partial charge in [-0.1, -0.05) is 59.9 Å². The van der Waals surface area contributed by atoms with Crippen molar-refractivity contribution in [1.82, 2.24) is 4.58 Å².